The van der Waals surface area contributed by atoms with Crippen molar-refractivity contribution in [3.8, 4) is 11.5 Å². The zero-order chi connectivity index (χ0) is 23.6. The van der Waals surface area contributed by atoms with Crippen LogP contribution in [0.25, 0.3) is 0 Å². The summed E-state index contributed by atoms with van der Waals surface area (Å²) in [5, 5.41) is 14.7. The molecule has 170 valence electrons. The van der Waals surface area contributed by atoms with Gasteiger partial charge in [-0.15, -0.1) is 0 Å². The summed E-state index contributed by atoms with van der Waals surface area (Å²) < 4.78 is 10.7. The van der Waals surface area contributed by atoms with Gasteiger partial charge in [-0.25, -0.2) is 0 Å². The van der Waals surface area contributed by atoms with Gasteiger partial charge in [-0.1, -0.05) is 60.7 Å². The van der Waals surface area contributed by atoms with E-state index in [4.69, 9.17) is 9.47 Å². The molecule has 0 fully saturated rings. The summed E-state index contributed by atoms with van der Waals surface area (Å²) >= 11 is 0. The zero-order valence-corrected chi connectivity index (χ0v) is 18.7. The largest absolute Gasteiger partial charge is 0.493 e. The number of nitrogens with zero attached hydrogens (tertiary/aromatic N) is 1. The van der Waals surface area contributed by atoms with Crippen LogP contribution in [0.1, 0.15) is 40.0 Å². The second-order valence-corrected chi connectivity index (χ2v) is 7.91. The van der Waals surface area contributed by atoms with Gasteiger partial charge in [0.1, 0.15) is 0 Å². The molecule has 4 rings (SSSR count). The number of aliphatic hydroxyl groups is 1. The summed E-state index contributed by atoms with van der Waals surface area (Å²) in [6, 6.07) is 21.2. The van der Waals surface area contributed by atoms with Gasteiger partial charge in [-0.2, -0.15) is 0 Å². The molecule has 0 saturated carbocycles. The SMILES string of the molecule is COc1cc2c(cc1OC)[C@@](O)(C(=O)N[C@H](C)c1ccccc1)N(Cc1ccccc1)C2=O. The van der Waals surface area contributed by atoms with Gasteiger partial charge in [0.05, 0.1) is 25.8 Å². The Bertz CT molecular complexity index is 1170. The van der Waals surface area contributed by atoms with Crippen molar-refractivity contribution in [3.63, 3.8) is 0 Å². The van der Waals surface area contributed by atoms with Gasteiger partial charge in [0.15, 0.2) is 11.5 Å². The maximum atomic E-state index is 13.6. The molecule has 0 aliphatic carbocycles. The Morgan fingerprint density at radius 2 is 1.58 bits per heavy atom. The molecule has 1 heterocycles. The van der Waals surface area contributed by atoms with Crippen LogP contribution in [-0.4, -0.2) is 36.0 Å². The van der Waals surface area contributed by atoms with Gasteiger partial charge < -0.3 is 19.9 Å². The summed E-state index contributed by atoms with van der Waals surface area (Å²) in [6.45, 7) is 1.87. The first-order valence-corrected chi connectivity index (χ1v) is 10.6. The number of fused-ring (bicyclic) bond motifs is 1. The summed E-state index contributed by atoms with van der Waals surface area (Å²) in [5.41, 5.74) is -0.238. The molecular weight excluding hydrogens is 420 g/mol. The van der Waals surface area contributed by atoms with Gasteiger partial charge in [-0.3, -0.25) is 14.5 Å². The van der Waals surface area contributed by atoms with Gasteiger partial charge >= 0.3 is 0 Å². The number of nitrogens with one attached hydrogen (secondary N) is 1. The van der Waals surface area contributed by atoms with Crippen LogP contribution in [-0.2, 0) is 17.1 Å². The van der Waals surface area contributed by atoms with Crippen molar-refractivity contribution in [1.82, 2.24) is 10.2 Å². The monoisotopic (exact) mass is 446 g/mol. The van der Waals surface area contributed by atoms with E-state index in [1.807, 2.05) is 67.6 Å². The average Bonchev–Trinajstić information content (AvgIpc) is 3.06. The Morgan fingerprint density at radius 3 is 2.18 bits per heavy atom. The van der Waals surface area contributed by atoms with Crippen molar-refractivity contribution in [3.05, 3.63) is 95.1 Å². The summed E-state index contributed by atoms with van der Waals surface area (Å²) in [5.74, 6) is -0.520. The zero-order valence-electron chi connectivity index (χ0n) is 18.7. The molecule has 1 aliphatic rings. The third kappa shape index (κ3) is 3.91. The summed E-state index contributed by atoms with van der Waals surface area (Å²) in [6.07, 6.45) is 0. The van der Waals surface area contributed by atoms with Crippen molar-refractivity contribution in [1.29, 1.82) is 0 Å². The van der Waals surface area contributed by atoms with Crippen LogP contribution in [0.15, 0.2) is 72.8 Å². The van der Waals surface area contributed by atoms with E-state index in [2.05, 4.69) is 5.32 Å². The van der Waals surface area contributed by atoms with Crippen molar-refractivity contribution in [2.75, 3.05) is 14.2 Å². The quantitative estimate of drug-likeness (QED) is 0.581. The number of carbonyl (C=O) groups excluding carboxylic acids is 2. The lowest BCUT2D eigenvalue weighted by atomic mass is 9.98. The number of amides is 2. The van der Waals surface area contributed by atoms with Crippen LogP contribution in [0, 0.1) is 0 Å². The molecule has 1 aliphatic heterocycles. The lowest BCUT2D eigenvalue weighted by Crippen LogP contribution is -2.54. The predicted molar refractivity (Wildman–Crippen MR) is 123 cm³/mol. The molecule has 0 radical (unpaired) electrons. The van der Waals surface area contributed by atoms with Crippen molar-refractivity contribution in [2.24, 2.45) is 0 Å². The fourth-order valence-corrected chi connectivity index (χ4v) is 4.10. The van der Waals surface area contributed by atoms with Gasteiger partial charge in [0, 0.05) is 12.1 Å². The van der Waals surface area contributed by atoms with E-state index in [0.717, 1.165) is 11.1 Å². The van der Waals surface area contributed by atoms with Crippen molar-refractivity contribution >= 4 is 11.8 Å². The van der Waals surface area contributed by atoms with E-state index >= 15 is 0 Å². The highest BCUT2D eigenvalue weighted by Crippen LogP contribution is 2.44. The van der Waals surface area contributed by atoms with Crippen LogP contribution in [0.4, 0.5) is 0 Å². The summed E-state index contributed by atoms with van der Waals surface area (Å²) in [4.78, 5) is 28.2. The van der Waals surface area contributed by atoms with Gasteiger partial charge in [0.2, 0.25) is 5.72 Å². The first-order valence-electron chi connectivity index (χ1n) is 10.6. The minimum absolute atomic E-state index is 0.0443. The number of rotatable bonds is 7. The van der Waals surface area contributed by atoms with E-state index in [1.54, 1.807) is 0 Å². The number of ether oxygens (including phenoxy) is 2. The minimum Gasteiger partial charge on any atom is -0.493 e. The van der Waals surface area contributed by atoms with Crippen molar-refractivity contribution < 1.29 is 24.2 Å². The van der Waals surface area contributed by atoms with Crippen LogP contribution < -0.4 is 14.8 Å². The highest BCUT2D eigenvalue weighted by atomic mass is 16.5. The van der Waals surface area contributed by atoms with E-state index in [9.17, 15) is 14.7 Å². The molecule has 0 spiro atoms. The number of hydrogen-bond acceptors (Lipinski definition) is 5. The highest BCUT2D eigenvalue weighted by molar-refractivity contribution is 6.06. The van der Waals surface area contributed by atoms with E-state index < -0.39 is 17.5 Å². The van der Waals surface area contributed by atoms with E-state index in [-0.39, 0.29) is 23.7 Å². The molecule has 33 heavy (non-hydrogen) atoms. The van der Waals surface area contributed by atoms with E-state index in [0.29, 0.717) is 11.5 Å². The van der Waals surface area contributed by atoms with Gasteiger partial charge in [-0.05, 0) is 30.2 Å². The molecule has 2 atom stereocenters. The Kier molecular flexibility index (Phi) is 6.07. The molecule has 3 aromatic carbocycles. The van der Waals surface area contributed by atoms with Crippen LogP contribution in [0.3, 0.4) is 0 Å². The lowest BCUT2D eigenvalue weighted by molar-refractivity contribution is -0.160. The molecule has 3 aromatic rings. The number of methoxy groups -OCH3 is 2. The fraction of sp³-hybridized carbons (Fsp3) is 0.231. The number of benzene rings is 3. The maximum absolute atomic E-state index is 13.6. The average molecular weight is 447 g/mol. The second-order valence-electron chi connectivity index (χ2n) is 7.91. The summed E-state index contributed by atoms with van der Waals surface area (Å²) in [7, 11) is 2.92. The maximum Gasteiger partial charge on any atom is 0.278 e. The Balaban J connectivity index is 1.78. The molecule has 0 bridgehead atoms. The first kappa shape index (κ1) is 22.4. The minimum atomic E-state index is -2.23. The molecule has 0 aromatic heterocycles. The van der Waals surface area contributed by atoms with Crippen LogP contribution in [0.5, 0.6) is 11.5 Å². The number of carbonyl (C=O) groups is 2. The number of hydrogen-bond donors (Lipinski definition) is 2. The Hall–Kier alpha value is -3.84. The lowest BCUT2D eigenvalue weighted by Gasteiger charge is -2.34. The third-order valence-corrected chi connectivity index (χ3v) is 5.91. The van der Waals surface area contributed by atoms with E-state index in [1.165, 1.54) is 31.3 Å². The predicted octanol–water partition coefficient (Wildman–Crippen LogP) is 3.38. The van der Waals surface area contributed by atoms with Gasteiger partial charge in [0.25, 0.3) is 11.8 Å². The van der Waals surface area contributed by atoms with Crippen LogP contribution >= 0.6 is 0 Å². The third-order valence-electron chi connectivity index (χ3n) is 5.91. The molecule has 7 heteroatoms. The molecule has 2 N–H and O–H groups in total. The highest BCUT2D eigenvalue weighted by Gasteiger charge is 2.55. The standard InChI is InChI=1S/C26H26N2O5/c1-17(19-12-8-5-9-13-19)27-25(30)26(31)21-15-23(33-3)22(32-2)14-20(21)24(29)28(26)16-18-10-6-4-7-11-18/h4-15,17,31H,16H2,1-3H3,(H,27,30)/t17-,26-/m1/s1. The molecule has 0 saturated heterocycles. The Labute approximate surface area is 192 Å². The normalized spacial score (nSPS) is 17.9. The smallest absolute Gasteiger partial charge is 0.278 e. The Morgan fingerprint density at radius 1 is 1.00 bits per heavy atom. The molecule has 7 nitrogen and oxygen atoms in total. The molecular formula is C26H26N2O5. The second kappa shape index (κ2) is 8.96. The van der Waals surface area contributed by atoms with Crippen molar-refractivity contribution in [2.45, 2.75) is 25.2 Å². The molecule has 2 amide bonds. The fourth-order valence-electron chi connectivity index (χ4n) is 4.10. The molecule has 0 unspecified atom stereocenters. The first-order chi connectivity index (χ1) is 15.9. The topological polar surface area (TPSA) is 88.1 Å². The van der Waals surface area contributed by atoms with Crippen LogP contribution in [0.2, 0.25) is 0 Å².